The highest BCUT2D eigenvalue weighted by Crippen LogP contribution is 2.25. The summed E-state index contributed by atoms with van der Waals surface area (Å²) in [4.78, 5) is 28.4. The zero-order chi connectivity index (χ0) is 17.7. The van der Waals surface area contributed by atoms with E-state index in [4.69, 9.17) is 23.2 Å². The lowest BCUT2D eigenvalue weighted by molar-refractivity contribution is -0.126. The van der Waals surface area contributed by atoms with Crippen molar-refractivity contribution in [2.75, 3.05) is 40.3 Å². The SMILES string of the molecule is CN(C)CCNC(=O)C1CCN(C(=O)c2ccc(Cl)c(Cl)c2)CC1. The number of rotatable bonds is 5. The van der Waals surface area contributed by atoms with Crippen molar-refractivity contribution in [2.45, 2.75) is 12.8 Å². The van der Waals surface area contributed by atoms with Gasteiger partial charge in [0.05, 0.1) is 10.0 Å². The van der Waals surface area contributed by atoms with Crippen LogP contribution in [0.15, 0.2) is 18.2 Å². The number of nitrogens with zero attached hydrogens (tertiary/aromatic N) is 2. The van der Waals surface area contributed by atoms with Crippen LogP contribution in [0.2, 0.25) is 10.0 Å². The fraction of sp³-hybridized carbons (Fsp3) is 0.529. The summed E-state index contributed by atoms with van der Waals surface area (Å²) in [7, 11) is 3.94. The minimum absolute atomic E-state index is 0.0231. The molecule has 7 heteroatoms. The maximum absolute atomic E-state index is 12.5. The Morgan fingerprint density at radius 1 is 1.21 bits per heavy atom. The number of benzene rings is 1. The Morgan fingerprint density at radius 3 is 2.46 bits per heavy atom. The van der Waals surface area contributed by atoms with Crippen LogP contribution in [0.4, 0.5) is 0 Å². The first-order chi connectivity index (χ1) is 11.4. The van der Waals surface area contributed by atoms with E-state index in [0.29, 0.717) is 48.1 Å². The monoisotopic (exact) mass is 371 g/mol. The topological polar surface area (TPSA) is 52.7 Å². The van der Waals surface area contributed by atoms with Crippen molar-refractivity contribution in [1.29, 1.82) is 0 Å². The minimum atomic E-state index is -0.0694. The summed E-state index contributed by atoms with van der Waals surface area (Å²) in [6.07, 6.45) is 1.36. The molecule has 0 radical (unpaired) electrons. The largest absolute Gasteiger partial charge is 0.355 e. The zero-order valence-corrected chi connectivity index (χ0v) is 15.5. The van der Waals surface area contributed by atoms with E-state index in [-0.39, 0.29) is 17.7 Å². The molecule has 0 saturated carbocycles. The quantitative estimate of drug-likeness (QED) is 0.864. The molecule has 0 aliphatic carbocycles. The summed E-state index contributed by atoms with van der Waals surface area (Å²) >= 11 is 11.9. The second-order valence-electron chi connectivity index (χ2n) is 6.29. The van der Waals surface area contributed by atoms with E-state index >= 15 is 0 Å². The molecule has 0 atom stereocenters. The Labute approximate surface area is 152 Å². The number of hydrogen-bond donors (Lipinski definition) is 1. The van der Waals surface area contributed by atoms with E-state index in [2.05, 4.69) is 5.32 Å². The Morgan fingerprint density at radius 2 is 1.88 bits per heavy atom. The van der Waals surface area contributed by atoms with Crippen LogP contribution in [0.5, 0.6) is 0 Å². The average Bonchev–Trinajstić information content (AvgIpc) is 2.56. The van der Waals surface area contributed by atoms with E-state index in [0.717, 1.165) is 6.54 Å². The average molecular weight is 372 g/mol. The van der Waals surface area contributed by atoms with Crippen molar-refractivity contribution in [1.82, 2.24) is 15.1 Å². The van der Waals surface area contributed by atoms with Crippen molar-refractivity contribution in [3.63, 3.8) is 0 Å². The molecule has 5 nitrogen and oxygen atoms in total. The number of nitrogens with one attached hydrogen (secondary N) is 1. The lowest BCUT2D eigenvalue weighted by atomic mass is 9.95. The number of carbonyl (C=O) groups excluding carboxylic acids is 2. The van der Waals surface area contributed by atoms with E-state index in [9.17, 15) is 9.59 Å². The third kappa shape index (κ3) is 5.10. The predicted molar refractivity (Wildman–Crippen MR) is 96.7 cm³/mol. The summed E-state index contributed by atoms with van der Waals surface area (Å²) in [5.41, 5.74) is 0.526. The van der Waals surface area contributed by atoms with Crippen LogP contribution < -0.4 is 5.32 Å². The number of piperidine rings is 1. The molecular weight excluding hydrogens is 349 g/mol. The van der Waals surface area contributed by atoms with Crippen LogP contribution >= 0.6 is 23.2 Å². The fourth-order valence-electron chi connectivity index (χ4n) is 2.70. The van der Waals surface area contributed by atoms with E-state index in [1.54, 1.807) is 23.1 Å². The first-order valence-electron chi connectivity index (χ1n) is 8.05. The van der Waals surface area contributed by atoms with Crippen molar-refractivity contribution < 1.29 is 9.59 Å². The second-order valence-corrected chi connectivity index (χ2v) is 7.10. The van der Waals surface area contributed by atoms with Crippen LogP contribution in [0, 0.1) is 5.92 Å². The maximum atomic E-state index is 12.5. The van der Waals surface area contributed by atoms with Gasteiger partial charge in [0.15, 0.2) is 0 Å². The van der Waals surface area contributed by atoms with Crippen LogP contribution in [-0.2, 0) is 4.79 Å². The smallest absolute Gasteiger partial charge is 0.253 e. The summed E-state index contributed by atoms with van der Waals surface area (Å²) in [5, 5.41) is 3.76. The van der Waals surface area contributed by atoms with E-state index in [1.165, 1.54) is 0 Å². The number of carbonyl (C=O) groups is 2. The fourth-order valence-corrected chi connectivity index (χ4v) is 3.00. The molecule has 0 bridgehead atoms. The molecule has 1 aliphatic rings. The summed E-state index contributed by atoms with van der Waals surface area (Å²) in [6.45, 7) is 2.62. The molecular formula is C17H23Cl2N3O2. The van der Waals surface area contributed by atoms with Gasteiger partial charge in [0.2, 0.25) is 5.91 Å². The predicted octanol–water partition coefficient (Wildman–Crippen LogP) is 2.52. The number of amides is 2. The molecule has 0 aromatic heterocycles. The lowest BCUT2D eigenvalue weighted by Crippen LogP contribution is -2.44. The first-order valence-corrected chi connectivity index (χ1v) is 8.81. The Kier molecular flexibility index (Phi) is 6.90. The molecule has 2 amide bonds. The number of likely N-dealkylation sites (N-methyl/N-ethyl adjacent to an activating group) is 1. The number of halogens is 2. The molecule has 0 unspecified atom stereocenters. The van der Waals surface area contributed by atoms with Crippen LogP contribution in [0.3, 0.4) is 0 Å². The van der Waals surface area contributed by atoms with Gasteiger partial charge in [-0.2, -0.15) is 0 Å². The standard InChI is InChI=1S/C17H23Cl2N3O2/c1-21(2)10-7-20-16(23)12-5-8-22(9-6-12)17(24)13-3-4-14(18)15(19)11-13/h3-4,11-12H,5-10H2,1-2H3,(H,20,23). The van der Waals surface area contributed by atoms with Gasteiger partial charge in [-0.15, -0.1) is 0 Å². The van der Waals surface area contributed by atoms with Gasteiger partial charge in [-0.3, -0.25) is 9.59 Å². The summed E-state index contributed by atoms with van der Waals surface area (Å²) in [5.74, 6) is -0.0106. The highest BCUT2D eigenvalue weighted by molar-refractivity contribution is 6.42. The Balaban J connectivity index is 1.84. The third-order valence-corrected chi connectivity index (χ3v) is 4.92. The Hall–Kier alpha value is -1.30. The van der Waals surface area contributed by atoms with Gasteiger partial charge in [0.1, 0.15) is 0 Å². The molecule has 132 valence electrons. The van der Waals surface area contributed by atoms with Gasteiger partial charge in [0.25, 0.3) is 5.91 Å². The van der Waals surface area contributed by atoms with Crippen LogP contribution in [-0.4, -0.2) is 61.9 Å². The molecule has 1 aliphatic heterocycles. The van der Waals surface area contributed by atoms with Gasteiger partial charge in [-0.05, 0) is 45.1 Å². The van der Waals surface area contributed by atoms with Gasteiger partial charge in [-0.1, -0.05) is 23.2 Å². The van der Waals surface area contributed by atoms with Crippen molar-refractivity contribution in [2.24, 2.45) is 5.92 Å². The van der Waals surface area contributed by atoms with Gasteiger partial charge in [-0.25, -0.2) is 0 Å². The van der Waals surface area contributed by atoms with Crippen LogP contribution in [0.1, 0.15) is 23.2 Å². The second kappa shape index (κ2) is 8.70. The summed E-state index contributed by atoms with van der Waals surface area (Å²) in [6, 6.07) is 4.89. The molecule has 1 saturated heterocycles. The zero-order valence-electron chi connectivity index (χ0n) is 14.0. The van der Waals surface area contributed by atoms with Crippen molar-refractivity contribution in [3.05, 3.63) is 33.8 Å². The van der Waals surface area contributed by atoms with Gasteiger partial charge in [0, 0.05) is 37.7 Å². The molecule has 1 aromatic rings. The molecule has 1 N–H and O–H groups in total. The van der Waals surface area contributed by atoms with Gasteiger partial charge >= 0.3 is 0 Å². The van der Waals surface area contributed by atoms with Crippen LogP contribution in [0.25, 0.3) is 0 Å². The summed E-state index contributed by atoms with van der Waals surface area (Å²) < 4.78 is 0. The van der Waals surface area contributed by atoms with E-state index in [1.807, 2.05) is 19.0 Å². The van der Waals surface area contributed by atoms with Crippen molar-refractivity contribution in [3.8, 4) is 0 Å². The minimum Gasteiger partial charge on any atom is -0.355 e. The molecule has 24 heavy (non-hydrogen) atoms. The van der Waals surface area contributed by atoms with Crippen molar-refractivity contribution >= 4 is 35.0 Å². The maximum Gasteiger partial charge on any atom is 0.253 e. The molecule has 1 aromatic carbocycles. The normalized spacial score (nSPS) is 15.6. The number of likely N-dealkylation sites (tertiary alicyclic amines) is 1. The Bertz CT molecular complexity index is 599. The third-order valence-electron chi connectivity index (χ3n) is 4.18. The molecule has 0 spiro atoms. The lowest BCUT2D eigenvalue weighted by Gasteiger charge is -2.31. The van der Waals surface area contributed by atoms with Gasteiger partial charge < -0.3 is 15.1 Å². The molecule has 1 fully saturated rings. The highest BCUT2D eigenvalue weighted by atomic mass is 35.5. The first kappa shape index (κ1) is 19.0. The number of hydrogen-bond acceptors (Lipinski definition) is 3. The molecule has 2 rings (SSSR count). The molecule has 1 heterocycles. The van der Waals surface area contributed by atoms with E-state index < -0.39 is 0 Å². The highest BCUT2D eigenvalue weighted by Gasteiger charge is 2.27.